The molecule has 0 aliphatic carbocycles. The van der Waals surface area contributed by atoms with Crippen molar-refractivity contribution in [1.29, 1.82) is 0 Å². The zero-order valence-electron chi connectivity index (χ0n) is 14.2. The lowest BCUT2D eigenvalue weighted by Crippen LogP contribution is -2.40. The van der Waals surface area contributed by atoms with Crippen molar-refractivity contribution in [3.05, 3.63) is 0 Å². The number of hydrogen-bond acceptors (Lipinski definition) is 5. The number of nitrogens with two attached hydrogens (primary N) is 1. The first kappa shape index (κ1) is 20.8. The Labute approximate surface area is 130 Å². The van der Waals surface area contributed by atoms with Gasteiger partial charge in [0, 0.05) is 13.2 Å². The Morgan fingerprint density at radius 3 is 1.62 bits per heavy atom. The molecule has 0 heterocycles. The second-order valence-electron chi connectivity index (χ2n) is 5.13. The van der Waals surface area contributed by atoms with Crippen LogP contribution in [0.15, 0.2) is 0 Å². The predicted octanol–water partition coefficient (Wildman–Crippen LogP) is 2.37. The molecule has 2 N–H and O–H groups in total. The van der Waals surface area contributed by atoms with E-state index in [0.29, 0.717) is 46.2 Å². The highest BCUT2D eigenvalue weighted by molar-refractivity contribution is 4.78. The molecule has 5 heteroatoms. The van der Waals surface area contributed by atoms with Crippen LogP contribution in [0, 0.1) is 0 Å². The van der Waals surface area contributed by atoms with Gasteiger partial charge in [-0.25, -0.2) is 0 Å². The van der Waals surface area contributed by atoms with Crippen LogP contribution in [0.2, 0.25) is 0 Å². The summed E-state index contributed by atoms with van der Waals surface area (Å²) in [6.07, 6.45) is 4.14. The summed E-state index contributed by atoms with van der Waals surface area (Å²) in [7, 11) is 0. The van der Waals surface area contributed by atoms with Gasteiger partial charge in [0.1, 0.15) is 0 Å². The predicted molar refractivity (Wildman–Crippen MR) is 85.7 cm³/mol. The van der Waals surface area contributed by atoms with Crippen molar-refractivity contribution in [3.8, 4) is 0 Å². The number of ether oxygens (including phenoxy) is 4. The van der Waals surface area contributed by atoms with Crippen molar-refractivity contribution >= 4 is 0 Å². The molecular formula is C16H35NO4. The highest BCUT2D eigenvalue weighted by Crippen LogP contribution is 2.18. The smallest absolute Gasteiger partial charge is 0.0800 e. The number of rotatable bonds is 16. The van der Waals surface area contributed by atoms with Crippen LogP contribution in [0.4, 0.5) is 0 Å². The van der Waals surface area contributed by atoms with Crippen LogP contribution in [0.25, 0.3) is 0 Å². The first-order chi connectivity index (χ1) is 10.2. The van der Waals surface area contributed by atoms with Gasteiger partial charge in [-0.05, 0) is 19.3 Å². The summed E-state index contributed by atoms with van der Waals surface area (Å²) in [6, 6.07) is 0. The zero-order valence-corrected chi connectivity index (χ0v) is 14.2. The summed E-state index contributed by atoms with van der Waals surface area (Å²) in [5, 5.41) is 0. The summed E-state index contributed by atoms with van der Waals surface area (Å²) in [5.74, 6) is 0. The van der Waals surface area contributed by atoms with Crippen molar-refractivity contribution in [3.63, 3.8) is 0 Å². The van der Waals surface area contributed by atoms with Crippen LogP contribution in [0.5, 0.6) is 0 Å². The Bertz CT molecular complexity index is 202. The number of hydrogen-bond donors (Lipinski definition) is 1. The Morgan fingerprint density at radius 2 is 1.19 bits per heavy atom. The van der Waals surface area contributed by atoms with Gasteiger partial charge in [0.25, 0.3) is 0 Å². The number of unbranched alkanes of at least 4 members (excludes halogenated alkanes) is 1. The summed E-state index contributed by atoms with van der Waals surface area (Å²) in [5.41, 5.74) is 5.59. The fourth-order valence-corrected chi connectivity index (χ4v) is 1.91. The van der Waals surface area contributed by atoms with E-state index < -0.39 is 0 Å². The molecule has 0 spiro atoms. The largest absolute Gasteiger partial charge is 0.379 e. The van der Waals surface area contributed by atoms with E-state index in [1.165, 1.54) is 0 Å². The minimum absolute atomic E-state index is 0.185. The van der Waals surface area contributed by atoms with Crippen LogP contribution in [-0.2, 0) is 18.9 Å². The normalized spacial score (nSPS) is 12.0. The van der Waals surface area contributed by atoms with Crippen LogP contribution < -0.4 is 5.73 Å². The fraction of sp³-hybridized carbons (Fsp3) is 1.00. The molecule has 0 rings (SSSR count). The molecule has 0 saturated heterocycles. The maximum Gasteiger partial charge on any atom is 0.0800 e. The summed E-state index contributed by atoms with van der Waals surface area (Å²) in [6.45, 7) is 11.4. The zero-order chi connectivity index (χ0) is 15.8. The van der Waals surface area contributed by atoms with Crippen molar-refractivity contribution in [1.82, 2.24) is 0 Å². The monoisotopic (exact) mass is 305 g/mol. The lowest BCUT2D eigenvalue weighted by Gasteiger charge is -2.30. The maximum atomic E-state index is 5.85. The van der Waals surface area contributed by atoms with E-state index in [1.54, 1.807) is 0 Å². The van der Waals surface area contributed by atoms with Gasteiger partial charge in [0.2, 0.25) is 0 Å². The molecule has 0 aliphatic heterocycles. The molecule has 5 nitrogen and oxygen atoms in total. The molecular weight excluding hydrogens is 270 g/mol. The minimum atomic E-state index is -0.185. The molecule has 21 heavy (non-hydrogen) atoms. The molecule has 0 aromatic rings. The Balaban J connectivity index is 3.29. The van der Waals surface area contributed by atoms with E-state index in [1.807, 2.05) is 0 Å². The molecule has 0 radical (unpaired) electrons. The van der Waals surface area contributed by atoms with Crippen LogP contribution >= 0.6 is 0 Å². The minimum Gasteiger partial charge on any atom is -0.379 e. The summed E-state index contributed by atoms with van der Waals surface area (Å²) < 4.78 is 22.1. The van der Waals surface area contributed by atoms with Crippen molar-refractivity contribution < 1.29 is 18.9 Å². The molecule has 0 aliphatic rings. The quantitative estimate of drug-likeness (QED) is 0.444. The molecule has 0 aromatic carbocycles. The van der Waals surface area contributed by atoms with E-state index >= 15 is 0 Å². The van der Waals surface area contributed by atoms with E-state index in [4.69, 9.17) is 24.7 Å². The summed E-state index contributed by atoms with van der Waals surface area (Å²) in [4.78, 5) is 0. The van der Waals surface area contributed by atoms with Gasteiger partial charge in [0.15, 0.2) is 0 Å². The van der Waals surface area contributed by atoms with E-state index in [-0.39, 0.29) is 5.60 Å². The molecule has 0 bridgehead atoms. The van der Waals surface area contributed by atoms with E-state index in [0.717, 1.165) is 32.3 Å². The first-order valence-electron chi connectivity index (χ1n) is 8.32. The maximum absolute atomic E-state index is 5.85. The molecule has 128 valence electrons. The van der Waals surface area contributed by atoms with Gasteiger partial charge >= 0.3 is 0 Å². The molecule has 0 saturated carbocycles. The topological polar surface area (TPSA) is 62.9 Å². The van der Waals surface area contributed by atoms with Gasteiger partial charge in [-0.15, -0.1) is 0 Å². The van der Waals surface area contributed by atoms with E-state index in [9.17, 15) is 0 Å². The lowest BCUT2D eigenvalue weighted by atomic mass is 9.97. The standard InChI is InChI=1S/C16H35NO4/c1-4-7-8-18-9-10-19-11-12-20-13-14-21-16(5-2,6-3)15-17/h4-15,17H2,1-3H3. The first-order valence-corrected chi connectivity index (χ1v) is 8.32. The second-order valence-corrected chi connectivity index (χ2v) is 5.13. The molecule has 0 fully saturated rings. The Morgan fingerprint density at radius 1 is 0.714 bits per heavy atom. The average Bonchev–Trinajstić information content (AvgIpc) is 2.53. The van der Waals surface area contributed by atoms with Crippen molar-refractivity contribution in [2.45, 2.75) is 52.1 Å². The van der Waals surface area contributed by atoms with Crippen LogP contribution in [-0.4, -0.2) is 58.4 Å². The van der Waals surface area contributed by atoms with Gasteiger partial charge in [0.05, 0.1) is 45.2 Å². The average molecular weight is 305 g/mol. The lowest BCUT2D eigenvalue weighted by molar-refractivity contribution is -0.0717. The van der Waals surface area contributed by atoms with Crippen LogP contribution in [0.3, 0.4) is 0 Å². The second kappa shape index (κ2) is 14.7. The molecule has 0 amide bonds. The van der Waals surface area contributed by atoms with E-state index in [2.05, 4.69) is 20.8 Å². The SMILES string of the molecule is CCCCOCCOCCOCCOC(CC)(CC)CN. The highest BCUT2D eigenvalue weighted by atomic mass is 16.6. The van der Waals surface area contributed by atoms with Gasteiger partial charge in [-0.3, -0.25) is 0 Å². The Kier molecular flexibility index (Phi) is 14.6. The van der Waals surface area contributed by atoms with Crippen LogP contribution in [0.1, 0.15) is 46.5 Å². The molecule has 0 atom stereocenters. The highest BCUT2D eigenvalue weighted by Gasteiger charge is 2.24. The third-order valence-electron chi connectivity index (χ3n) is 3.68. The molecule has 0 aromatic heterocycles. The fourth-order valence-electron chi connectivity index (χ4n) is 1.91. The van der Waals surface area contributed by atoms with Gasteiger partial charge < -0.3 is 24.7 Å². The van der Waals surface area contributed by atoms with Gasteiger partial charge in [-0.1, -0.05) is 27.2 Å². The third kappa shape index (κ3) is 11.1. The van der Waals surface area contributed by atoms with Gasteiger partial charge in [-0.2, -0.15) is 0 Å². The third-order valence-corrected chi connectivity index (χ3v) is 3.68. The summed E-state index contributed by atoms with van der Waals surface area (Å²) >= 11 is 0. The van der Waals surface area contributed by atoms with Crippen molar-refractivity contribution in [2.24, 2.45) is 5.73 Å². The Hall–Kier alpha value is -0.200. The van der Waals surface area contributed by atoms with Crippen molar-refractivity contribution in [2.75, 3.05) is 52.8 Å². The molecule has 0 unspecified atom stereocenters.